The predicted molar refractivity (Wildman–Crippen MR) is 215 cm³/mol. The summed E-state index contributed by atoms with van der Waals surface area (Å²) in [6, 6.07) is 63.5. The van der Waals surface area contributed by atoms with Crippen molar-refractivity contribution in [1.29, 1.82) is 0 Å². The average molecular weight is 663 g/mol. The highest BCUT2D eigenvalue weighted by atomic mass is 28.3. The van der Waals surface area contributed by atoms with Crippen LogP contribution >= 0.6 is 0 Å². The molecule has 0 spiro atoms. The van der Waals surface area contributed by atoms with Gasteiger partial charge in [-0.05, 0) is 74.4 Å². The van der Waals surface area contributed by atoms with Gasteiger partial charge in [0.1, 0.15) is 0 Å². The minimum absolute atomic E-state index is 0.390. The lowest BCUT2D eigenvalue weighted by Crippen LogP contribution is -2.75. The summed E-state index contributed by atoms with van der Waals surface area (Å²) < 4.78 is 2.60. The number of hydrogen-bond acceptors (Lipinski definition) is 1. The highest BCUT2D eigenvalue weighted by Gasteiger charge is 2.43. The van der Waals surface area contributed by atoms with Crippen molar-refractivity contribution in [2.24, 2.45) is 0 Å². The van der Waals surface area contributed by atoms with E-state index >= 15 is 0 Å². The van der Waals surface area contributed by atoms with Gasteiger partial charge in [0.05, 0.1) is 0 Å². The largest absolute Gasteiger partial charge is 0.337 e. The minimum atomic E-state index is -2.76. The zero-order chi connectivity index (χ0) is 33.9. The molecule has 8 rings (SSSR count). The molecule has 6 aromatic carbocycles. The van der Waals surface area contributed by atoms with Gasteiger partial charge in [-0.3, -0.25) is 4.98 Å². The van der Waals surface area contributed by atoms with Crippen molar-refractivity contribution in [2.45, 2.75) is 38.6 Å². The quantitative estimate of drug-likeness (QED) is 0.105. The third-order valence-corrected chi connectivity index (χ3v) is 15.6. The highest BCUT2D eigenvalue weighted by Crippen LogP contribution is 2.37. The number of nitrogens with zero attached hydrogens (tertiary/aromatic N) is 2. The van der Waals surface area contributed by atoms with Crippen molar-refractivity contribution in [3.63, 3.8) is 0 Å². The molecular weight excluding hydrogens is 621 g/mol. The summed E-state index contributed by atoms with van der Waals surface area (Å²) in [6.45, 7) is 4.74. The van der Waals surface area contributed by atoms with E-state index in [1.54, 1.807) is 0 Å². The summed E-state index contributed by atoms with van der Waals surface area (Å²) in [5.41, 5.74) is 6.44. The van der Waals surface area contributed by atoms with Crippen LogP contribution in [0.4, 0.5) is 0 Å². The second-order valence-corrected chi connectivity index (χ2v) is 17.3. The Balaban J connectivity index is 1.24. The number of fused-ring (bicyclic) bond motifs is 3. The van der Waals surface area contributed by atoms with Gasteiger partial charge >= 0.3 is 0 Å². The molecule has 0 aliphatic heterocycles. The van der Waals surface area contributed by atoms with E-state index in [4.69, 9.17) is 0 Å². The van der Waals surface area contributed by atoms with Crippen molar-refractivity contribution in [3.8, 4) is 11.1 Å². The standard InChI is InChI=1S/C47H42N2Si/c1-3-38(49-45-25-13-10-23-43(45)44-24-11-14-26-46(44)49)33-35(2)36-28-30-41(31-29-36)50(39-18-6-4-7-19-39,40-20-8-5-9-21-40)47-27-15-12-22-42(47)37-17-16-32-48-34-37/h4-32,34-35,38H,3,33H2,1-2H3. The molecule has 0 bridgehead atoms. The second-order valence-electron chi connectivity index (χ2n) is 13.5. The van der Waals surface area contributed by atoms with E-state index < -0.39 is 8.07 Å². The fourth-order valence-corrected chi connectivity index (χ4v) is 13.3. The fraction of sp³-hybridized carbons (Fsp3) is 0.128. The fourth-order valence-electron chi connectivity index (χ4n) is 8.33. The van der Waals surface area contributed by atoms with Gasteiger partial charge in [0, 0.05) is 40.2 Å². The van der Waals surface area contributed by atoms with Gasteiger partial charge in [0.15, 0.2) is 8.07 Å². The second kappa shape index (κ2) is 13.8. The Bertz CT molecular complexity index is 2250. The first-order valence-corrected chi connectivity index (χ1v) is 19.9. The number of pyridine rings is 1. The molecule has 0 fully saturated rings. The highest BCUT2D eigenvalue weighted by molar-refractivity contribution is 7.20. The molecular formula is C47H42N2Si. The summed E-state index contributed by atoms with van der Waals surface area (Å²) in [7, 11) is -2.76. The summed E-state index contributed by atoms with van der Waals surface area (Å²) in [5.74, 6) is 0.390. The molecule has 0 saturated heterocycles. The Morgan fingerprint density at radius 3 is 1.68 bits per heavy atom. The molecule has 2 aromatic heterocycles. The van der Waals surface area contributed by atoms with Crippen LogP contribution in [0.3, 0.4) is 0 Å². The third kappa shape index (κ3) is 5.48. The molecule has 0 radical (unpaired) electrons. The summed E-state index contributed by atoms with van der Waals surface area (Å²) in [4.78, 5) is 4.53. The third-order valence-electron chi connectivity index (χ3n) is 10.7. The van der Waals surface area contributed by atoms with Gasteiger partial charge in [0.25, 0.3) is 0 Å². The van der Waals surface area contributed by atoms with Crippen LogP contribution in [-0.4, -0.2) is 17.6 Å². The Hall–Kier alpha value is -5.51. The Morgan fingerprint density at radius 2 is 1.10 bits per heavy atom. The molecule has 8 aromatic rings. The number of rotatable bonds is 10. The van der Waals surface area contributed by atoms with Gasteiger partial charge in [0.2, 0.25) is 0 Å². The summed E-state index contributed by atoms with van der Waals surface area (Å²) in [5, 5.41) is 8.20. The van der Waals surface area contributed by atoms with Crippen molar-refractivity contribution < 1.29 is 0 Å². The van der Waals surface area contributed by atoms with Crippen LogP contribution in [-0.2, 0) is 0 Å². The first-order valence-electron chi connectivity index (χ1n) is 17.9. The Kier molecular flexibility index (Phi) is 8.74. The van der Waals surface area contributed by atoms with Crippen molar-refractivity contribution >= 4 is 50.6 Å². The van der Waals surface area contributed by atoms with Gasteiger partial charge in [-0.25, -0.2) is 0 Å². The summed E-state index contributed by atoms with van der Waals surface area (Å²) in [6.07, 6.45) is 6.01. The zero-order valence-electron chi connectivity index (χ0n) is 28.8. The summed E-state index contributed by atoms with van der Waals surface area (Å²) >= 11 is 0. The lowest BCUT2D eigenvalue weighted by atomic mass is 9.92. The minimum Gasteiger partial charge on any atom is -0.337 e. The maximum absolute atomic E-state index is 4.53. The van der Waals surface area contributed by atoms with E-state index in [2.05, 4.69) is 187 Å². The topological polar surface area (TPSA) is 17.8 Å². The van der Waals surface area contributed by atoms with E-state index in [0.717, 1.165) is 18.4 Å². The van der Waals surface area contributed by atoms with Crippen molar-refractivity contribution in [2.75, 3.05) is 0 Å². The number of benzene rings is 6. The van der Waals surface area contributed by atoms with Crippen molar-refractivity contribution in [3.05, 3.63) is 188 Å². The van der Waals surface area contributed by atoms with Crippen LogP contribution in [0.1, 0.15) is 44.2 Å². The zero-order valence-corrected chi connectivity index (χ0v) is 29.8. The molecule has 50 heavy (non-hydrogen) atoms. The molecule has 3 heteroatoms. The van der Waals surface area contributed by atoms with Crippen LogP contribution in [0, 0.1) is 0 Å². The normalized spacial score (nSPS) is 13.0. The monoisotopic (exact) mass is 662 g/mol. The van der Waals surface area contributed by atoms with Gasteiger partial charge in [-0.15, -0.1) is 0 Å². The maximum Gasteiger partial charge on any atom is 0.180 e. The van der Waals surface area contributed by atoms with E-state index in [1.807, 2.05) is 18.5 Å². The lowest BCUT2D eigenvalue weighted by molar-refractivity contribution is 0.441. The van der Waals surface area contributed by atoms with Gasteiger partial charge < -0.3 is 4.57 Å². The number of hydrogen-bond donors (Lipinski definition) is 0. The van der Waals surface area contributed by atoms with E-state index in [-0.39, 0.29) is 0 Å². The first kappa shape index (κ1) is 31.7. The SMILES string of the molecule is CCC(CC(C)c1ccc([Si](c2ccccc2)(c2ccccc2)c2ccccc2-c2cccnc2)cc1)n1c2ccccc2c2ccccc21. The predicted octanol–water partition coefficient (Wildman–Crippen LogP) is 9.38. The van der Waals surface area contributed by atoms with E-state index in [0.29, 0.717) is 12.0 Å². The van der Waals surface area contributed by atoms with Gasteiger partial charge in [-0.1, -0.05) is 166 Å². The first-order chi connectivity index (χ1) is 24.7. The van der Waals surface area contributed by atoms with Crippen LogP contribution in [0.2, 0.25) is 0 Å². The van der Waals surface area contributed by atoms with Gasteiger partial charge in [-0.2, -0.15) is 0 Å². The molecule has 0 amide bonds. The smallest absolute Gasteiger partial charge is 0.180 e. The van der Waals surface area contributed by atoms with Crippen LogP contribution < -0.4 is 20.7 Å². The number of aromatic nitrogens is 2. The number of para-hydroxylation sites is 2. The Labute approximate surface area is 296 Å². The molecule has 0 aliphatic carbocycles. The van der Waals surface area contributed by atoms with Crippen LogP contribution in [0.25, 0.3) is 32.9 Å². The van der Waals surface area contributed by atoms with E-state index in [9.17, 15) is 0 Å². The van der Waals surface area contributed by atoms with Crippen LogP contribution in [0.5, 0.6) is 0 Å². The molecule has 244 valence electrons. The molecule has 2 nitrogen and oxygen atoms in total. The lowest BCUT2D eigenvalue weighted by Gasteiger charge is -2.36. The molecule has 2 unspecified atom stereocenters. The molecule has 0 N–H and O–H groups in total. The average Bonchev–Trinajstić information content (AvgIpc) is 3.53. The van der Waals surface area contributed by atoms with E-state index in [1.165, 1.54) is 53.7 Å². The van der Waals surface area contributed by atoms with Crippen molar-refractivity contribution in [1.82, 2.24) is 9.55 Å². The maximum atomic E-state index is 4.53. The molecule has 0 aliphatic rings. The molecule has 2 atom stereocenters. The Morgan fingerprint density at radius 1 is 0.560 bits per heavy atom. The molecule has 2 heterocycles. The van der Waals surface area contributed by atoms with Crippen LogP contribution in [0.15, 0.2) is 182 Å². The molecule has 0 saturated carbocycles.